The fourth-order valence-corrected chi connectivity index (χ4v) is 7.78. The third-order valence-corrected chi connectivity index (χ3v) is 10.2. The van der Waals surface area contributed by atoms with Crippen molar-refractivity contribution in [2.45, 2.75) is 12.0 Å². The molecule has 0 amide bonds. The largest absolute Gasteiger partial charge is 0.333 e. The van der Waals surface area contributed by atoms with E-state index >= 15 is 0 Å². The van der Waals surface area contributed by atoms with Crippen LogP contribution in [0.25, 0.3) is 61.7 Å². The summed E-state index contributed by atoms with van der Waals surface area (Å²) in [5.41, 5.74) is 10.3. The molecule has 6 nitrogen and oxygen atoms in total. The van der Waals surface area contributed by atoms with Crippen LogP contribution < -0.4 is 4.90 Å². The number of fused-ring (bicyclic) bond motifs is 6. The fourth-order valence-electron chi connectivity index (χ4n) is 7.78. The highest BCUT2D eigenvalue weighted by Crippen LogP contribution is 2.47. The fraction of sp³-hybridized carbons (Fsp3) is 0.0435. The van der Waals surface area contributed by atoms with Crippen molar-refractivity contribution in [3.63, 3.8) is 0 Å². The smallest absolute Gasteiger partial charge is 0.164 e. The van der Waals surface area contributed by atoms with E-state index in [0.29, 0.717) is 29.0 Å². The third-order valence-electron chi connectivity index (χ3n) is 10.2. The predicted molar refractivity (Wildman–Crippen MR) is 209 cm³/mol. The molecule has 2 unspecified atom stereocenters. The molecule has 2 aromatic heterocycles. The molecule has 0 spiro atoms. The van der Waals surface area contributed by atoms with Gasteiger partial charge < -0.3 is 9.47 Å². The lowest BCUT2D eigenvalue weighted by Gasteiger charge is -2.28. The molecule has 0 fully saturated rings. The highest BCUT2D eigenvalue weighted by atomic mass is 15.2. The first-order valence-corrected chi connectivity index (χ1v) is 17.4. The standard InChI is InChI=1S/C46H30N6/c47-29-30-17-19-31(20-18-30)44-48-45(32-21-25-34(26-22-32)51-40-13-5-1-9-36(40)37-10-2-6-14-41(37)51)50-46(49-44)33-23-27-35(28-24-33)52-42-15-7-3-11-38(42)39-12-4-8-16-43(39)52/h1-28,36,40H. The van der Waals surface area contributed by atoms with Gasteiger partial charge in [-0.25, -0.2) is 15.0 Å². The Labute approximate surface area is 300 Å². The van der Waals surface area contributed by atoms with E-state index in [2.05, 4.69) is 161 Å². The normalized spacial score (nSPS) is 15.9. The van der Waals surface area contributed by atoms with Crippen LogP contribution in [0.5, 0.6) is 0 Å². The van der Waals surface area contributed by atoms with E-state index in [1.165, 1.54) is 22.0 Å². The van der Waals surface area contributed by atoms with Crippen molar-refractivity contribution >= 4 is 33.2 Å². The first-order chi connectivity index (χ1) is 25.7. The van der Waals surface area contributed by atoms with Gasteiger partial charge in [-0.05, 0) is 96.6 Å². The number of aromatic nitrogens is 4. The van der Waals surface area contributed by atoms with Gasteiger partial charge in [0.05, 0.1) is 28.7 Å². The molecule has 0 saturated heterocycles. The SMILES string of the molecule is N#Cc1ccc(-c2nc(-c3ccc(N4c5ccccc5C5C=CC=CC54)cc3)nc(-c3ccc(-n4c5ccccc5c5ccccc54)cc3)n2)cc1. The molecular weight excluding hydrogens is 637 g/mol. The van der Waals surface area contributed by atoms with Gasteiger partial charge in [-0.1, -0.05) is 78.9 Å². The first-order valence-electron chi connectivity index (χ1n) is 17.4. The zero-order valence-corrected chi connectivity index (χ0v) is 28.0. The molecule has 10 rings (SSSR count). The minimum Gasteiger partial charge on any atom is -0.333 e. The maximum Gasteiger partial charge on any atom is 0.164 e. The number of hydrogen-bond acceptors (Lipinski definition) is 5. The van der Waals surface area contributed by atoms with Crippen molar-refractivity contribution in [2.24, 2.45) is 0 Å². The summed E-state index contributed by atoms with van der Waals surface area (Å²) in [7, 11) is 0. The van der Waals surface area contributed by atoms with Gasteiger partial charge in [0.2, 0.25) is 0 Å². The van der Waals surface area contributed by atoms with E-state index in [1.807, 2.05) is 12.1 Å². The molecule has 3 heterocycles. The Kier molecular flexibility index (Phi) is 6.90. The molecule has 2 atom stereocenters. The van der Waals surface area contributed by atoms with Crippen molar-refractivity contribution in [3.8, 4) is 45.9 Å². The van der Waals surface area contributed by atoms with Crippen LogP contribution in [0.1, 0.15) is 17.0 Å². The molecule has 8 aromatic rings. The molecule has 2 aliphatic rings. The van der Waals surface area contributed by atoms with E-state index < -0.39 is 0 Å². The zero-order valence-electron chi connectivity index (χ0n) is 28.0. The summed E-state index contributed by atoms with van der Waals surface area (Å²) in [5.74, 6) is 2.04. The summed E-state index contributed by atoms with van der Waals surface area (Å²) in [5, 5.41) is 11.9. The van der Waals surface area contributed by atoms with Gasteiger partial charge in [-0.3, -0.25) is 0 Å². The lowest BCUT2D eigenvalue weighted by molar-refractivity contribution is 0.745. The van der Waals surface area contributed by atoms with E-state index in [4.69, 9.17) is 15.0 Å². The van der Waals surface area contributed by atoms with Crippen LogP contribution >= 0.6 is 0 Å². The number of hydrogen-bond donors (Lipinski definition) is 0. The van der Waals surface area contributed by atoms with Crippen molar-refractivity contribution in [1.29, 1.82) is 5.26 Å². The maximum absolute atomic E-state index is 9.41. The van der Waals surface area contributed by atoms with E-state index in [9.17, 15) is 5.26 Å². The Morgan fingerprint density at radius 2 is 1.00 bits per heavy atom. The van der Waals surface area contributed by atoms with Crippen molar-refractivity contribution in [2.75, 3.05) is 4.90 Å². The van der Waals surface area contributed by atoms with Gasteiger partial charge in [-0.15, -0.1) is 0 Å². The van der Waals surface area contributed by atoms with Crippen LogP contribution in [0.15, 0.2) is 170 Å². The Morgan fingerprint density at radius 3 is 1.60 bits per heavy atom. The summed E-state index contributed by atoms with van der Waals surface area (Å²) in [4.78, 5) is 17.4. The topological polar surface area (TPSA) is 70.6 Å². The summed E-state index contributed by atoms with van der Waals surface area (Å²) < 4.78 is 2.30. The molecule has 0 bridgehead atoms. The van der Waals surface area contributed by atoms with Crippen LogP contribution in [0.3, 0.4) is 0 Å². The second-order valence-corrected chi connectivity index (χ2v) is 13.2. The highest BCUT2D eigenvalue weighted by molar-refractivity contribution is 6.09. The van der Waals surface area contributed by atoms with Gasteiger partial charge in [0.1, 0.15) is 0 Å². The number of benzene rings is 6. The molecule has 0 radical (unpaired) electrons. The summed E-state index contributed by atoms with van der Waals surface area (Å²) in [6.07, 6.45) is 8.87. The summed E-state index contributed by atoms with van der Waals surface area (Å²) >= 11 is 0. The van der Waals surface area contributed by atoms with Crippen molar-refractivity contribution in [1.82, 2.24) is 19.5 Å². The van der Waals surface area contributed by atoms with Crippen LogP contribution in [0.2, 0.25) is 0 Å². The molecule has 1 aliphatic carbocycles. The molecule has 6 aromatic carbocycles. The summed E-state index contributed by atoms with van der Waals surface area (Å²) in [6.45, 7) is 0. The second-order valence-electron chi connectivity index (χ2n) is 13.2. The minimum absolute atomic E-state index is 0.227. The Morgan fingerprint density at radius 1 is 0.500 bits per heavy atom. The van der Waals surface area contributed by atoms with Crippen LogP contribution in [0, 0.1) is 11.3 Å². The number of nitrogens with zero attached hydrogens (tertiary/aromatic N) is 6. The lowest BCUT2D eigenvalue weighted by Crippen LogP contribution is -2.28. The quantitative estimate of drug-likeness (QED) is 0.183. The van der Waals surface area contributed by atoms with E-state index in [-0.39, 0.29) is 6.04 Å². The van der Waals surface area contributed by atoms with E-state index in [0.717, 1.165) is 39.1 Å². The van der Waals surface area contributed by atoms with Crippen molar-refractivity contribution in [3.05, 3.63) is 181 Å². The number of nitriles is 1. The van der Waals surface area contributed by atoms with Gasteiger partial charge in [-0.2, -0.15) is 5.26 Å². The number of rotatable bonds is 5. The predicted octanol–water partition coefficient (Wildman–Crippen LogP) is 10.6. The average molecular weight is 667 g/mol. The average Bonchev–Trinajstić information content (AvgIpc) is 3.74. The van der Waals surface area contributed by atoms with Gasteiger partial charge in [0, 0.05) is 50.4 Å². The molecule has 244 valence electrons. The maximum atomic E-state index is 9.41. The molecule has 1 aliphatic heterocycles. The first kappa shape index (κ1) is 29.8. The van der Waals surface area contributed by atoms with Crippen LogP contribution in [0.4, 0.5) is 11.4 Å². The van der Waals surface area contributed by atoms with Crippen molar-refractivity contribution < 1.29 is 0 Å². The Hall–Kier alpha value is -7.10. The Bertz CT molecular complexity index is 2700. The van der Waals surface area contributed by atoms with Gasteiger partial charge in [0.15, 0.2) is 17.5 Å². The lowest BCUT2D eigenvalue weighted by atomic mass is 9.91. The van der Waals surface area contributed by atoms with Gasteiger partial charge >= 0.3 is 0 Å². The molecular formula is C46H30N6. The van der Waals surface area contributed by atoms with E-state index in [1.54, 1.807) is 12.1 Å². The minimum atomic E-state index is 0.227. The molecule has 0 N–H and O–H groups in total. The monoisotopic (exact) mass is 666 g/mol. The zero-order chi connectivity index (χ0) is 34.6. The molecule has 0 saturated carbocycles. The van der Waals surface area contributed by atoms with Crippen LogP contribution in [-0.4, -0.2) is 25.6 Å². The highest BCUT2D eigenvalue weighted by Gasteiger charge is 2.36. The third kappa shape index (κ3) is 4.83. The second kappa shape index (κ2) is 12.0. The number of para-hydroxylation sites is 3. The number of anilines is 2. The summed E-state index contributed by atoms with van der Waals surface area (Å²) in [6, 6.07) is 52.4. The molecule has 52 heavy (non-hydrogen) atoms. The van der Waals surface area contributed by atoms with Crippen LogP contribution in [-0.2, 0) is 0 Å². The molecule has 6 heteroatoms. The van der Waals surface area contributed by atoms with Gasteiger partial charge in [0.25, 0.3) is 0 Å². The number of allylic oxidation sites excluding steroid dienone is 2. The Balaban J connectivity index is 1.05.